The Balaban J connectivity index is 1.77. The fourth-order valence-electron chi connectivity index (χ4n) is 3.04. The molecule has 30 heavy (non-hydrogen) atoms. The van der Waals surface area contributed by atoms with Gasteiger partial charge in [0.25, 0.3) is 11.5 Å². The third-order valence-corrected chi connectivity index (χ3v) is 6.10. The number of aromatic nitrogens is 1. The molecule has 158 valence electrons. The van der Waals surface area contributed by atoms with E-state index in [1.54, 1.807) is 39.0 Å². The van der Waals surface area contributed by atoms with E-state index in [0.717, 1.165) is 11.3 Å². The van der Waals surface area contributed by atoms with Gasteiger partial charge in [0.05, 0.1) is 17.7 Å². The fourth-order valence-corrected chi connectivity index (χ4v) is 4.06. The van der Waals surface area contributed by atoms with Crippen molar-refractivity contribution < 1.29 is 17.6 Å². The first kappa shape index (κ1) is 21.5. The molecule has 0 atom stereocenters. The van der Waals surface area contributed by atoms with Crippen molar-refractivity contribution in [3.05, 3.63) is 86.7 Å². The van der Waals surface area contributed by atoms with Crippen molar-refractivity contribution in [1.82, 2.24) is 15.0 Å². The lowest BCUT2D eigenvalue weighted by molar-refractivity contribution is 0.0950. The lowest BCUT2D eigenvalue weighted by Gasteiger charge is -2.12. The van der Waals surface area contributed by atoms with Crippen molar-refractivity contribution in [1.29, 1.82) is 0 Å². The van der Waals surface area contributed by atoms with Crippen molar-refractivity contribution in [2.45, 2.75) is 38.8 Å². The predicted molar refractivity (Wildman–Crippen MR) is 112 cm³/mol. The van der Waals surface area contributed by atoms with Crippen molar-refractivity contribution in [2.75, 3.05) is 0 Å². The van der Waals surface area contributed by atoms with Crippen LogP contribution in [0.4, 0.5) is 0 Å². The van der Waals surface area contributed by atoms with Crippen LogP contribution in [0.5, 0.6) is 0 Å². The largest absolute Gasteiger partial charge is 0.468 e. The van der Waals surface area contributed by atoms with Crippen LogP contribution in [0.3, 0.4) is 0 Å². The van der Waals surface area contributed by atoms with Crippen molar-refractivity contribution >= 4 is 15.9 Å². The van der Waals surface area contributed by atoms with E-state index >= 15 is 0 Å². The minimum Gasteiger partial charge on any atom is -0.468 e. The van der Waals surface area contributed by atoms with Crippen molar-refractivity contribution in [3.8, 4) is 0 Å². The molecule has 3 rings (SSSR count). The second-order valence-electron chi connectivity index (χ2n) is 7.01. The number of hydrogen-bond donors (Lipinski definition) is 3. The number of furan rings is 1. The number of rotatable bonds is 7. The van der Waals surface area contributed by atoms with E-state index in [9.17, 15) is 18.0 Å². The molecule has 0 unspecified atom stereocenters. The molecule has 1 amide bonds. The lowest BCUT2D eigenvalue weighted by Crippen LogP contribution is -2.29. The zero-order valence-electron chi connectivity index (χ0n) is 16.9. The molecule has 0 radical (unpaired) electrons. The van der Waals surface area contributed by atoms with Gasteiger partial charge in [-0.15, -0.1) is 0 Å². The Labute approximate surface area is 174 Å². The van der Waals surface area contributed by atoms with Gasteiger partial charge in [0.15, 0.2) is 0 Å². The summed E-state index contributed by atoms with van der Waals surface area (Å²) in [6.07, 6.45) is 1.46. The van der Waals surface area contributed by atoms with Crippen LogP contribution < -0.4 is 15.6 Å². The van der Waals surface area contributed by atoms with Gasteiger partial charge in [-0.25, -0.2) is 13.1 Å². The van der Waals surface area contributed by atoms with Gasteiger partial charge in [0, 0.05) is 23.4 Å². The van der Waals surface area contributed by atoms with Crippen LogP contribution >= 0.6 is 0 Å². The highest BCUT2D eigenvalue weighted by molar-refractivity contribution is 7.89. The Bertz CT molecular complexity index is 1230. The normalized spacial score (nSPS) is 11.4. The maximum Gasteiger partial charge on any atom is 0.253 e. The molecule has 8 nitrogen and oxygen atoms in total. The molecular formula is C21H23N3O5S. The van der Waals surface area contributed by atoms with E-state index in [1.807, 2.05) is 6.07 Å². The first-order chi connectivity index (χ1) is 14.2. The van der Waals surface area contributed by atoms with Crippen LogP contribution in [-0.4, -0.2) is 19.3 Å². The number of aryl methyl sites for hydroxylation is 3. The quantitative estimate of drug-likeness (QED) is 0.532. The molecular weight excluding hydrogens is 406 g/mol. The second-order valence-corrected chi connectivity index (χ2v) is 8.77. The number of sulfonamides is 1. The molecule has 0 saturated heterocycles. The molecule has 2 aromatic heterocycles. The van der Waals surface area contributed by atoms with Gasteiger partial charge in [0.1, 0.15) is 5.76 Å². The molecule has 9 heteroatoms. The summed E-state index contributed by atoms with van der Waals surface area (Å²) < 4.78 is 32.7. The molecule has 0 bridgehead atoms. The van der Waals surface area contributed by atoms with Gasteiger partial charge < -0.3 is 14.7 Å². The SMILES string of the molecule is Cc1cc(C)c(CNC(=O)c2cc(S(=O)(=O)NCc3ccco3)ccc2C)c(=O)[nH]1. The van der Waals surface area contributed by atoms with E-state index in [4.69, 9.17) is 4.42 Å². The number of pyridine rings is 1. The maximum absolute atomic E-state index is 12.7. The summed E-state index contributed by atoms with van der Waals surface area (Å²) in [6.45, 7) is 5.33. The van der Waals surface area contributed by atoms with Gasteiger partial charge in [-0.2, -0.15) is 0 Å². The Morgan fingerprint density at radius 3 is 2.50 bits per heavy atom. The summed E-state index contributed by atoms with van der Waals surface area (Å²) in [7, 11) is -3.84. The molecule has 0 aliphatic heterocycles. The molecule has 1 aromatic carbocycles. The molecule has 2 heterocycles. The average molecular weight is 429 g/mol. The predicted octanol–water partition coefficient (Wildman–Crippen LogP) is 2.30. The summed E-state index contributed by atoms with van der Waals surface area (Å²) in [5.74, 6) is 0.0114. The summed E-state index contributed by atoms with van der Waals surface area (Å²) in [4.78, 5) is 27.5. The smallest absolute Gasteiger partial charge is 0.253 e. The Hall–Kier alpha value is -3.17. The zero-order chi connectivity index (χ0) is 21.9. The van der Waals surface area contributed by atoms with E-state index in [2.05, 4.69) is 15.0 Å². The summed E-state index contributed by atoms with van der Waals surface area (Å²) in [5.41, 5.74) is 2.54. The van der Waals surface area contributed by atoms with Crippen molar-refractivity contribution in [3.63, 3.8) is 0 Å². The number of benzene rings is 1. The molecule has 3 aromatic rings. The molecule has 0 fully saturated rings. The van der Waals surface area contributed by atoms with Crippen LogP contribution in [0, 0.1) is 20.8 Å². The number of aromatic amines is 1. The molecule has 0 aliphatic rings. The number of nitrogens with one attached hydrogen (secondary N) is 3. The second kappa shape index (κ2) is 8.68. The Morgan fingerprint density at radius 1 is 1.07 bits per heavy atom. The number of carbonyl (C=O) groups excluding carboxylic acids is 1. The molecule has 0 saturated carbocycles. The highest BCUT2D eigenvalue weighted by Crippen LogP contribution is 2.17. The van der Waals surface area contributed by atoms with E-state index in [1.165, 1.54) is 18.4 Å². The summed E-state index contributed by atoms with van der Waals surface area (Å²) in [5, 5.41) is 2.70. The third-order valence-electron chi connectivity index (χ3n) is 4.70. The van der Waals surface area contributed by atoms with Gasteiger partial charge >= 0.3 is 0 Å². The van der Waals surface area contributed by atoms with Gasteiger partial charge in [0.2, 0.25) is 10.0 Å². The highest BCUT2D eigenvalue weighted by Gasteiger charge is 2.19. The van der Waals surface area contributed by atoms with Crippen LogP contribution in [-0.2, 0) is 23.1 Å². The van der Waals surface area contributed by atoms with Crippen LogP contribution in [0.2, 0.25) is 0 Å². The van der Waals surface area contributed by atoms with E-state index in [-0.39, 0.29) is 29.1 Å². The minimum atomic E-state index is -3.84. The van der Waals surface area contributed by atoms with Crippen LogP contribution in [0.1, 0.15) is 38.5 Å². The monoisotopic (exact) mass is 429 g/mol. The molecule has 0 spiro atoms. The number of carbonyl (C=O) groups is 1. The number of hydrogen-bond acceptors (Lipinski definition) is 5. The molecule has 3 N–H and O–H groups in total. The summed E-state index contributed by atoms with van der Waals surface area (Å²) in [6, 6.07) is 9.48. The number of amides is 1. The first-order valence-electron chi connectivity index (χ1n) is 9.27. The van der Waals surface area contributed by atoms with Gasteiger partial charge in [-0.1, -0.05) is 6.07 Å². The van der Waals surface area contributed by atoms with E-state index in [0.29, 0.717) is 16.9 Å². The lowest BCUT2D eigenvalue weighted by atomic mass is 10.1. The zero-order valence-corrected chi connectivity index (χ0v) is 17.7. The third kappa shape index (κ3) is 4.87. The topological polar surface area (TPSA) is 121 Å². The average Bonchev–Trinajstić information content (AvgIpc) is 3.19. The Morgan fingerprint density at radius 2 is 1.83 bits per heavy atom. The number of H-pyrrole nitrogens is 1. The van der Waals surface area contributed by atoms with E-state index < -0.39 is 15.9 Å². The summed E-state index contributed by atoms with van der Waals surface area (Å²) >= 11 is 0. The van der Waals surface area contributed by atoms with Gasteiger partial charge in [-0.3, -0.25) is 9.59 Å². The van der Waals surface area contributed by atoms with Gasteiger partial charge in [-0.05, 0) is 62.2 Å². The van der Waals surface area contributed by atoms with Crippen LogP contribution in [0.15, 0.2) is 56.8 Å². The maximum atomic E-state index is 12.7. The van der Waals surface area contributed by atoms with Crippen LogP contribution in [0.25, 0.3) is 0 Å². The first-order valence-corrected chi connectivity index (χ1v) is 10.8. The fraction of sp³-hybridized carbons (Fsp3) is 0.238. The minimum absolute atomic E-state index is 0.000215. The Kier molecular flexibility index (Phi) is 6.23. The highest BCUT2D eigenvalue weighted by atomic mass is 32.2. The molecule has 0 aliphatic carbocycles. The standard InChI is InChI=1S/C21H23N3O5S/c1-13-6-7-17(30(27,28)23-11-16-5-4-8-29-16)10-18(13)20(25)22-12-19-14(2)9-15(3)24-21(19)26/h4-10,23H,11-12H2,1-3H3,(H,22,25)(H,24,26). The van der Waals surface area contributed by atoms with Crippen molar-refractivity contribution in [2.24, 2.45) is 0 Å².